The van der Waals surface area contributed by atoms with E-state index in [1.807, 2.05) is 0 Å². The van der Waals surface area contributed by atoms with Crippen LogP contribution in [0.5, 0.6) is 0 Å². The normalized spacial score (nSPS) is 12.5. The van der Waals surface area contributed by atoms with Crippen molar-refractivity contribution < 1.29 is 18.7 Å². The smallest absolute Gasteiger partial charge is 0.407 e. The summed E-state index contributed by atoms with van der Waals surface area (Å²) in [6, 6.07) is 4.48. The van der Waals surface area contributed by atoms with E-state index >= 15 is 0 Å². The zero-order chi connectivity index (χ0) is 17.6. The molecule has 1 unspecified atom stereocenters. The van der Waals surface area contributed by atoms with Crippen molar-refractivity contribution in [3.8, 4) is 0 Å². The zero-order valence-corrected chi connectivity index (χ0v) is 14.6. The van der Waals surface area contributed by atoms with Crippen LogP contribution in [0.4, 0.5) is 10.5 Å². The third-order valence-corrected chi connectivity index (χ3v) is 3.54. The third kappa shape index (κ3) is 7.23. The Kier molecular flexibility index (Phi) is 6.68. The Morgan fingerprint density at radius 2 is 2.00 bits per heavy atom. The molecule has 1 rings (SSSR count). The van der Waals surface area contributed by atoms with Crippen LogP contribution in [0, 0.1) is 10.1 Å². The van der Waals surface area contributed by atoms with Crippen LogP contribution in [0.3, 0.4) is 0 Å². The summed E-state index contributed by atoms with van der Waals surface area (Å²) in [6.07, 6.45) is 1.51. The maximum Gasteiger partial charge on any atom is 0.407 e. The molecular weight excluding hydrogens is 320 g/mol. The summed E-state index contributed by atoms with van der Waals surface area (Å²) in [5.74, 6) is 0.240. The van der Waals surface area contributed by atoms with Crippen molar-refractivity contribution in [2.45, 2.75) is 38.5 Å². The Hall–Kier alpha value is -1.96. The lowest BCUT2D eigenvalue weighted by atomic mass is 10.0. The molecule has 0 bridgehead atoms. The van der Waals surface area contributed by atoms with E-state index in [1.165, 1.54) is 12.1 Å². The highest BCUT2D eigenvalue weighted by atomic mass is 32.2. The predicted molar refractivity (Wildman–Crippen MR) is 88.8 cm³/mol. The minimum atomic E-state index is -1.11. The van der Waals surface area contributed by atoms with Gasteiger partial charge in [0, 0.05) is 41.5 Å². The van der Waals surface area contributed by atoms with Gasteiger partial charge >= 0.3 is 6.09 Å². The van der Waals surface area contributed by atoms with Gasteiger partial charge in [0.25, 0.3) is 5.69 Å². The van der Waals surface area contributed by atoms with Crippen LogP contribution in [-0.4, -0.2) is 33.6 Å². The van der Waals surface area contributed by atoms with Gasteiger partial charge in [0.1, 0.15) is 5.60 Å². The van der Waals surface area contributed by atoms with Gasteiger partial charge in [0.2, 0.25) is 0 Å². The van der Waals surface area contributed by atoms with Gasteiger partial charge in [-0.3, -0.25) is 14.3 Å². The highest BCUT2D eigenvalue weighted by molar-refractivity contribution is 7.83. The van der Waals surface area contributed by atoms with Crippen molar-refractivity contribution in [2.75, 3.05) is 12.8 Å². The lowest BCUT2D eigenvalue weighted by Gasteiger charge is -2.19. The van der Waals surface area contributed by atoms with Gasteiger partial charge in [-0.25, -0.2) is 4.79 Å². The molecule has 0 aromatic heterocycles. The van der Waals surface area contributed by atoms with Crippen LogP contribution in [0.1, 0.15) is 31.9 Å². The number of nitro groups is 1. The highest BCUT2D eigenvalue weighted by Crippen LogP contribution is 2.19. The van der Waals surface area contributed by atoms with Crippen molar-refractivity contribution in [3.05, 3.63) is 39.4 Å². The Bertz CT molecular complexity index is 610. The number of nitrogens with one attached hydrogen (secondary N) is 1. The molecule has 0 aliphatic heterocycles. The van der Waals surface area contributed by atoms with Crippen molar-refractivity contribution in [3.63, 3.8) is 0 Å². The largest absolute Gasteiger partial charge is 0.444 e. The number of non-ortho nitro benzene ring substituents is 1. The first-order chi connectivity index (χ1) is 10.6. The molecular formula is C15H22N2O5S. The summed E-state index contributed by atoms with van der Waals surface area (Å²) < 4.78 is 16.6. The van der Waals surface area contributed by atoms with Crippen LogP contribution >= 0.6 is 0 Å². The molecule has 7 nitrogen and oxygen atoms in total. The molecule has 0 spiro atoms. The minimum absolute atomic E-state index is 0.0331. The maximum atomic E-state index is 11.6. The third-order valence-electron chi connectivity index (χ3n) is 2.82. The monoisotopic (exact) mass is 342 g/mol. The van der Waals surface area contributed by atoms with Gasteiger partial charge < -0.3 is 10.1 Å². The average Bonchev–Trinajstić information content (AvgIpc) is 2.37. The molecule has 0 saturated heterocycles. The van der Waals surface area contributed by atoms with E-state index in [1.54, 1.807) is 33.1 Å². The molecule has 0 heterocycles. The van der Waals surface area contributed by atoms with E-state index in [0.717, 1.165) is 5.56 Å². The first-order valence-corrected chi connectivity index (χ1v) is 8.84. The molecule has 23 heavy (non-hydrogen) atoms. The average molecular weight is 342 g/mol. The molecule has 0 aliphatic rings. The van der Waals surface area contributed by atoms with Crippen LogP contribution < -0.4 is 5.32 Å². The second-order valence-electron chi connectivity index (χ2n) is 6.11. The van der Waals surface area contributed by atoms with Crippen molar-refractivity contribution in [1.82, 2.24) is 5.32 Å². The summed E-state index contributed by atoms with van der Waals surface area (Å²) >= 11 is 0. The minimum Gasteiger partial charge on any atom is -0.444 e. The molecule has 128 valence electrons. The number of hydrogen-bond donors (Lipinski definition) is 1. The number of nitrogens with zero attached hydrogens (tertiary/aromatic N) is 1. The summed E-state index contributed by atoms with van der Waals surface area (Å²) in [6.45, 7) is 5.66. The van der Waals surface area contributed by atoms with Gasteiger partial charge in [-0.05, 0) is 38.3 Å². The van der Waals surface area contributed by atoms with E-state index in [2.05, 4.69) is 5.32 Å². The molecule has 1 amide bonds. The first-order valence-electron chi connectivity index (χ1n) is 7.11. The van der Waals surface area contributed by atoms with Crippen molar-refractivity contribution in [1.29, 1.82) is 0 Å². The Morgan fingerprint density at radius 1 is 1.35 bits per heavy atom. The molecule has 8 heteroatoms. The number of carbonyl (C=O) groups is 1. The number of benzene rings is 1. The second kappa shape index (κ2) is 8.05. The van der Waals surface area contributed by atoms with Crippen LogP contribution in [0.2, 0.25) is 0 Å². The van der Waals surface area contributed by atoms with E-state index in [9.17, 15) is 19.1 Å². The van der Waals surface area contributed by atoms with Crippen LogP contribution in [0.25, 0.3) is 0 Å². The standard InChI is InChI=1S/C15H22N2O5S/c1-15(2,3)22-14(18)16-8-7-11-5-6-13(17(19)20)9-12(11)10-23(4)21/h5-6,9H,7-8,10H2,1-4H3,(H,16,18). The zero-order valence-electron chi connectivity index (χ0n) is 13.8. The van der Waals surface area contributed by atoms with Crippen LogP contribution in [-0.2, 0) is 27.7 Å². The molecule has 0 radical (unpaired) electrons. The number of amides is 1. The summed E-state index contributed by atoms with van der Waals surface area (Å²) in [5, 5.41) is 13.5. The summed E-state index contributed by atoms with van der Waals surface area (Å²) in [5.41, 5.74) is 0.879. The van der Waals surface area contributed by atoms with Gasteiger partial charge in [-0.2, -0.15) is 0 Å². The topological polar surface area (TPSA) is 98.5 Å². The number of hydrogen-bond acceptors (Lipinski definition) is 5. The second-order valence-corrected chi connectivity index (χ2v) is 7.54. The first kappa shape index (κ1) is 19.1. The van der Waals surface area contributed by atoms with Gasteiger partial charge in [-0.1, -0.05) is 6.07 Å². The van der Waals surface area contributed by atoms with Gasteiger partial charge in [0.05, 0.1) is 4.92 Å². The fourth-order valence-corrected chi connectivity index (χ4v) is 2.64. The number of alkyl carbamates (subject to hydrolysis) is 1. The Balaban J connectivity index is 2.73. The summed E-state index contributed by atoms with van der Waals surface area (Å²) in [4.78, 5) is 21.9. The Morgan fingerprint density at radius 3 is 2.52 bits per heavy atom. The molecule has 0 saturated carbocycles. The highest BCUT2D eigenvalue weighted by Gasteiger charge is 2.16. The molecule has 0 aliphatic carbocycles. The lowest BCUT2D eigenvalue weighted by molar-refractivity contribution is -0.384. The molecule has 0 fully saturated rings. The molecule has 1 aromatic rings. The Labute approximate surface area is 138 Å². The van der Waals surface area contributed by atoms with Gasteiger partial charge in [0.15, 0.2) is 0 Å². The van der Waals surface area contributed by atoms with E-state index in [0.29, 0.717) is 18.5 Å². The van der Waals surface area contributed by atoms with E-state index in [-0.39, 0.29) is 11.4 Å². The SMILES string of the molecule is CS(=O)Cc1cc([N+](=O)[O-])ccc1CCNC(=O)OC(C)(C)C. The predicted octanol–water partition coefficient (Wildman–Crippen LogP) is 2.54. The number of nitro benzene ring substituents is 1. The molecule has 1 atom stereocenters. The fourth-order valence-electron chi connectivity index (χ4n) is 1.94. The molecule has 1 aromatic carbocycles. The van der Waals surface area contributed by atoms with Crippen molar-refractivity contribution >= 4 is 22.6 Å². The lowest BCUT2D eigenvalue weighted by Crippen LogP contribution is -2.33. The van der Waals surface area contributed by atoms with E-state index in [4.69, 9.17) is 4.74 Å². The fraction of sp³-hybridized carbons (Fsp3) is 0.533. The van der Waals surface area contributed by atoms with E-state index < -0.39 is 27.4 Å². The molecule has 1 N–H and O–H groups in total. The maximum absolute atomic E-state index is 11.6. The van der Waals surface area contributed by atoms with Crippen molar-refractivity contribution in [2.24, 2.45) is 0 Å². The summed E-state index contributed by atoms with van der Waals surface area (Å²) in [7, 11) is -1.11. The number of ether oxygens (including phenoxy) is 1. The van der Waals surface area contributed by atoms with Gasteiger partial charge in [-0.15, -0.1) is 0 Å². The van der Waals surface area contributed by atoms with Crippen LogP contribution in [0.15, 0.2) is 18.2 Å². The number of carbonyl (C=O) groups excluding carboxylic acids is 1. The number of rotatable bonds is 6. The quantitative estimate of drug-likeness (QED) is 0.633.